The van der Waals surface area contributed by atoms with Crippen molar-refractivity contribution in [2.75, 3.05) is 0 Å². The van der Waals surface area contributed by atoms with Crippen LogP contribution in [0.25, 0.3) is 0 Å². The molecule has 0 unspecified atom stereocenters. The molecule has 2 rings (SSSR count). The molecule has 1 nitrogen and oxygen atoms in total. The molecule has 114 valence electrons. The zero-order valence-corrected chi connectivity index (χ0v) is 15.2. The summed E-state index contributed by atoms with van der Waals surface area (Å²) in [6, 6.07) is 10.5. The lowest BCUT2D eigenvalue weighted by molar-refractivity contribution is -0.127. The Hall–Kier alpha value is -1.15. The van der Waals surface area contributed by atoms with E-state index in [2.05, 4.69) is 55.7 Å². The monoisotopic (exact) mass is 300 g/mol. The number of rotatable bonds is 4. The van der Waals surface area contributed by atoms with Gasteiger partial charge in [0.25, 0.3) is 0 Å². The second-order valence-corrected chi connectivity index (χ2v) is 13.4. The summed E-state index contributed by atoms with van der Waals surface area (Å²) in [7, 11) is -1.21. The molecule has 0 aromatic heterocycles. The third-order valence-corrected chi connectivity index (χ3v) is 5.31. The SMILES string of the molecule is CC(C)(C)C(=O)[C@H]1[C@H](/C=C/[Si](C)(C)C)[C@@H]1c1ccccc1. The fourth-order valence-corrected chi connectivity index (χ4v) is 3.72. The Bertz CT molecular complexity index is 531. The standard InChI is InChI=1S/C19H28OSi/c1-19(2,3)18(20)17-15(12-13-21(4,5)6)16(17)14-10-8-7-9-11-14/h7-13,15-17H,1-6H3/b13-12+/t15-,16+,17+/m1/s1. The van der Waals surface area contributed by atoms with E-state index in [1.54, 1.807) is 0 Å². The van der Waals surface area contributed by atoms with E-state index in [1.807, 2.05) is 26.8 Å². The Morgan fingerprint density at radius 2 is 1.67 bits per heavy atom. The van der Waals surface area contributed by atoms with Crippen LogP contribution in [0.4, 0.5) is 0 Å². The molecule has 0 spiro atoms. The maximum Gasteiger partial charge on any atom is 0.142 e. The lowest BCUT2D eigenvalue weighted by Crippen LogP contribution is -2.23. The number of hydrogen-bond acceptors (Lipinski definition) is 1. The molecular formula is C19H28OSi. The van der Waals surface area contributed by atoms with Crippen LogP contribution in [-0.2, 0) is 4.79 Å². The molecule has 0 bridgehead atoms. The number of ketones is 1. The molecule has 1 aliphatic rings. The highest BCUT2D eigenvalue weighted by Crippen LogP contribution is 2.57. The van der Waals surface area contributed by atoms with Gasteiger partial charge in [-0.1, -0.05) is 82.5 Å². The first-order chi connectivity index (χ1) is 9.61. The van der Waals surface area contributed by atoms with Crippen LogP contribution in [0.1, 0.15) is 32.3 Å². The summed E-state index contributed by atoms with van der Waals surface area (Å²) in [5.74, 6) is 1.35. The second kappa shape index (κ2) is 5.56. The summed E-state index contributed by atoms with van der Waals surface area (Å²) < 4.78 is 0. The Kier molecular flexibility index (Phi) is 4.30. The van der Waals surface area contributed by atoms with Crippen LogP contribution < -0.4 is 0 Å². The molecule has 1 aromatic carbocycles. The van der Waals surface area contributed by atoms with Crippen molar-refractivity contribution < 1.29 is 4.79 Å². The molecule has 2 heteroatoms. The van der Waals surface area contributed by atoms with E-state index in [-0.39, 0.29) is 11.3 Å². The maximum atomic E-state index is 12.7. The first-order valence-corrected chi connectivity index (χ1v) is 11.5. The quantitative estimate of drug-likeness (QED) is 0.710. The summed E-state index contributed by atoms with van der Waals surface area (Å²) in [5, 5.41) is 0. The average molecular weight is 301 g/mol. The first-order valence-electron chi connectivity index (χ1n) is 7.90. The summed E-state index contributed by atoms with van der Waals surface area (Å²) in [6.45, 7) is 13.1. The Balaban J connectivity index is 2.25. The van der Waals surface area contributed by atoms with Crippen molar-refractivity contribution in [2.24, 2.45) is 17.3 Å². The minimum atomic E-state index is -1.21. The highest BCUT2D eigenvalue weighted by molar-refractivity contribution is 6.80. The second-order valence-electron chi connectivity index (χ2n) is 8.38. The van der Waals surface area contributed by atoms with Gasteiger partial charge >= 0.3 is 0 Å². The van der Waals surface area contributed by atoms with E-state index >= 15 is 0 Å². The molecule has 0 heterocycles. The maximum absolute atomic E-state index is 12.7. The predicted molar refractivity (Wildman–Crippen MR) is 93.1 cm³/mol. The Morgan fingerprint density at radius 1 is 1.10 bits per heavy atom. The van der Waals surface area contributed by atoms with E-state index in [0.29, 0.717) is 17.6 Å². The molecule has 1 aliphatic carbocycles. The number of Topliss-reactive ketones (excluding diaryl/α,β-unsaturated/α-hetero) is 1. The molecule has 3 atom stereocenters. The minimum Gasteiger partial charge on any atom is -0.299 e. The highest BCUT2D eigenvalue weighted by atomic mass is 28.3. The molecule has 1 aromatic rings. The van der Waals surface area contributed by atoms with Gasteiger partial charge in [-0.05, 0) is 11.5 Å². The molecule has 0 N–H and O–H groups in total. The van der Waals surface area contributed by atoms with Gasteiger partial charge in [-0.3, -0.25) is 4.79 Å². The van der Waals surface area contributed by atoms with Crippen LogP contribution in [-0.4, -0.2) is 13.9 Å². The van der Waals surface area contributed by atoms with Crippen LogP contribution in [0.5, 0.6) is 0 Å². The van der Waals surface area contributed by atoms with Gasteiger partial charge in [0.05, 0.1) is 8.07 Å². The van der Waals surface area contributed by atoms with Gasteiger partial charge in [0.2, 0.25) is 0 Å². The lowest BCUT2D eigenvalue weighted by atomic mass is 9.86. The van der Waals surface area contributed by atoms with Crippen LogP contribution in [0.3, 0.4) is 0 Å². The molecular weight excluding hydrogens is 272 g/mol. The first kappa shape index (κ1) is 16.2. The van der Waals surface area contributed by atoms with E-state index in [4.69, 9.17) is 0 Å². The minimum absolute atomic E-state index is 0.167. The predicted octanol–water partition coefficient (Wildman–Crippen LogP) is 5.07. The Labute approximate surface area is 130 Å². The average Bonchev–Trinajstić information content (AvgIpc) is 3.08. The van der Waals surface area contributed by atoms with Crippen LogP contribution in [0.2, 0.25) is 19.6 Å². The van der Waals surface area contributed by atoms with Crippen LogP contribution >= 0.6 is 0 Å². The topological polar surface area (TPSA) is 17.1 Å². The van der Waals surface area contributed by atoms with Crippen LogP contribution in [0.15, 0.2) is 42.1 Å². The molecule has 0 amide bonds. The lowest BCUT2D eigenvalue weighted by Gasteiger charge is -2.16. The van der Waals surface area contributed by atoms with Crippen molar-refractivity contribution in [3.63, 3.8) is 0 Å². The molecule has 1 fully saturated rings. The van der Waals surface area contributed by atoms with E-state index in [9.17, 15) is 4.79 Å². The highest BCUT2D eigenvalue weighted by Gasteiger charge is 2.55. The van der Waals surface area contributed by atoms with Crippen molar-refractivity contribution in [2.45, 2.75) is 46.3 Å². The summed E-state index contributed by atoms with van der Waals surface area (Å²) in [5.41, 5.74) is 3.45. The molecule has 0 saturated heterocycles. The van der Waals surface area contributed by atoms with E-state index in [1.165, 1.54) is 5.56 Å². The van der Waals surface area contributed by atoms with Gasteiger partial charge in [-0.2, -0.15) is 0 Å². The smallest absolute Gasteiger partial charge is 0.142 e. The zero-order chi connectivity index (χ0) is 15.8. The van der Waals surface area contributed by atoms with Crippen molar-refractivity contribution in [3.05, 3.63) is 47.7 Å². The molecule has 21 heavy (non-hydrogen) atoms. The Morgan fingerprint density at radius 3 is 2.14 bits per heavy atom. The van der Waals surface area contributed by atoms with Crippen molar-refractivity contribution in [1.82, 2.24) is 0 Å². The number of carbonyl (C=O) groups is 1. The zero-order valence-electron chi connectivity index (χ0n) is 14.2. The van der Waals surface area contributed by atoms with Gasteiger partial charge in [-0.15, -0.1) is 0 Å². The largest absolute Gasteiger partial charge is 0.299 e. The molecule has 0 aliphatic heterocycles. The van der Waals surface area contributed by atoms with Gasteiger partial charge in [-0.25, -0.2) is 0 Å². The fourth-order valence-electron chi connectivity index (χ4n) is 2.92. The summed E-state index contributed by atoms with van der Waals surface area (Å²) >= 11 is 0. The number of hydrogen-bond donors (Lipinski definition) is 0. The summed E-state index contributed by atoms with van der Waals surface area (Å²) in [4.78, 5) is 12.7. The normalized spacial score (nSPS) is 26.1. The number of benzene rings is 1. The summed E-state index contributed by atoms with van der Waals surface area (Å²) in [6.07, 6.45) is 2.33. The van der Waals surface area contributed by atoms with Crippen molar-refractivity contribution in [3.8, 4) is 0 Å². The van der Waals surface area contributed by atoms with Gasteiger partial charge in [0.1, 0.15) is 5.78 Å². The third-order valence-electron chi connectivity index (χ3n) is 4.12. The number of carbonyl (C=O) groups excluding carboxylic acids is 1. The number of allylic oxidation sites excluding steroid dienone is 1. The van der Waals surface area contributed by atoms with Gasteiger partial charge in [0, 0.05) is 17.3 Å². The van der Waals surface area contributed by atoms with Gasteiger partial charge < -0.3 is 0 Å². The van der Waals surface area contributed by atoms with Crippen molar-refractivity contribution in [1.29, 1.82) is 0 Å². The molecule has 0 radical (unpaired) electrons. The van der Waals surface area contributed by atoms with Crippen LogP contribution in [0, 0.1) is 17.3 Å². The third kappa shape index (κ3) is 3.94. The molecule has 1 saturated carbocycles. The van der Waals surface area contributed by atoms with Crippen molar-refractivity contribution >= 4 is 13.9 Å². The van der Waals surface area contributed by atoms with E-state index < -0.39 is 8.07 Å². The fraction of sp³-hybridized carbons (Fsp3) is 0.526. The van der Waals surface area contributed by atoms with Gasteiger partial charge in [0.15, 0.2) is 0 Å². The van der Waals surface area contributed by atoms with E-state index in [0.717, 1.165) is 0 Å².